The molecular weight excluding hydrogens is 252 g/mol. The van der Waals surface area contributed by atoms with E-state index in [1.165, 1.54) is 6.07 Å². The molecule has 2 rings (SSSR count). The van der Waals surface area contributed by atoms with Crippen LogP contribution < -0.4 is 9.32 Å². The van der Waals surface area contributed by atoms with Crippen LogP contribution in [-0.2, 0) is 10.3 Å². The van der Waals surface area contributed by atoms with Gasteiger partial charge in [-0.3, -0.25) is 0 Å². The Balaban J connectivity index is 2.58. The molecule has 0 unspecified atom stereocenters. The molecule has 0 aliphatic heterocycles. The molecule has 84 valence electrons. The van der Waals surface area contributed by atoms with Crippen molar-refractivity contribution in [1.82, 2.24) is 4.98 Å². The van der Waals surface area contributed by atoms with Gasteiger partial charge in [0.1, 0.15) is 5.15 Å². The van der Waals surface area contributed by atoms with Gasteiger partial charge in [-0.05, 0) is 5.39 Å². The predicted octanol–water partition coefficient (Wildman–Crippen LogP) is 1.47. The topological polar surface area (TPSA) is 82.3 Å². The lowest BCUT2D eigenvalue weighted by atomic mass is 10.2. The summed E-state index contributed by atoms with van der Waals surface area (Å²) in [6.45, 7) is 0. The van der Waals surface area contributed by atoms with Crippen molar-refractivity contribution in [2.45, 2.75) is 0 Å². The molecule has 0 amide bonds. The van der Waals surface area contributed by atoms with E-state index in [2.05, 4.69) is 9.17 Å². The second-order valence-electron chi connectivity index (χ2n) is 3.05. The number of halogens is 1. The van der Waals surface area contributed by atoms with Crippen LogP contribution in [0.2, 0.25) is 5.15 Å². The van der Waals surface area contributed by atoms with Gasteiger partial charge in [0.05, 0.1) is 0 Å². The Morgan fingerprint density at radius 1 is 1.31 bits per heavy atom. The zero-order valence-corrected chi connectivity index (χ0v) is 9.49. The van der Waals surface area contributed by atoms with Crippen LogP contribution in [0, 0.1) is 0 Å². The normalized spacial score (nSPS) is 11.6. The smallest absolute Gasteiger partial charge is 0.350 e. The molecule has 0 saturated heterocycles. The van der Waals surface area contributed by atoms with Crippen LogP contribution in [0.1, 0.15) is 0 Å². The Hall–Kier alpha value is -1.37. The quantitative estimate of drug-likeness (QED) is 0.827. The maximum absolute atomic E-state index is 10.7. The van der Waals surface area contributed by atoms with E-state index in [1.54, 1.807) is 24.3 Å². The summed E-state index contributed by atoms with van der Waals surface area (Å²) in [6.07, 6.45) is 0. The highest BCUT2D eigenvalue weighted by molar-refractivity contribution is 7.84. The summed E-state index contributed by atoms with van der Waals surface area (Å²) in [6, 6.07) is 8.57. The van der Waals surface area contributed by atoms with Crippen LogP contribution in [0.4, 0.5) is 0 Å². The molecule has 1 aromatic carbocycles. The number of nitrogens with two attached hydrogens (primary N) is 1. The van der Waals surface area contributed by atoms with Crippen LogP contribution in [-0.4, -0.2) is 13.4 Å². The van der Waals surface area contributed by atoms with Crippen molar-refractivity contribution in [3.8, 4) is 5.88 Å². The number of nitrogens with zero attached hydrogens (tertiary/aromatic N) is 1. The molecule has 0 saturated carbocycles. The molecule has 0 spiro atoms. The lowest BCUT2D eigenvalue weighted by molar-refractivity contribution is 0.478. The Morgan fingerprint density at radius 3 is 2.69 bits per heavy atom. The van der Waals surface area contributed by atoms with Crippen LogP contribution in [0.3, 0.4) is 0 Å². The highest BCUT2D eigenvalue weighted by Crippen LogP contribution is 2.25. The summed E-state index contributed by atoms with van der Waals surface area (Å²) in [7, 11) is -4.08. The second-order valence-corrected chi connectivity index (χ2v) is 4.56. The first kappa shape index (κ1) is 11.1. The van der Waals surface area contributed by atoms with E-state index in [0.29, 0.717) is 5.39 Å². The third kappa shape index (κ3) is 2.41. The van der Waals surface area contributed by atoms with E-state index in [9.17, 15) is 8.42 Å². The fourth-order valence-electron chi connectivity index (χ4n) is 1.29. The summed E-state index contributed by atoms with van der Waals surface area (Å²) in [5, 5.41) is 6.33. The SMILES string of the molecule is NS(=O)(=O)Oc1cc2ccccc2c(Cl)n1. The number of hydrogen-bond acceptors (Lipinski definition) is 4. The summed E-state index contributed by atoms with van der Waals surface area (Å²) in [4.78, 5) is 3.77. The molecule has 2 N–H and O–H groups in total. The molecule has 0 bridgehead atoms. The Kier molecular flexibility index (Phi) is 2.71. The van der Waals surface area contributed by atoms with Gasteiger partial charge in [-0.25, -0.2) is 0 Å². The molecule has 0 atom stereocenters. The molecule has 0 aliphatic carbocycles. The van der Waals surface area contributed by atoms with E-state index in [-0.39, 0.29) is 11.0 Å². The van der Waals surface area contributed by atoms with E-state index in [4.69, 9.17) is 16.7 Å². The van der Waals surface area contributed by atoms with Gasteiger partial charge in [0, 0.05) is 11.5 Å². The Labute approximate surface area is 97.1 Å². The third-order valence-corrected chi connectivity index (χ3v) is 2.56. The van der Waals surface area contributed by atoms with Crippen LogP contribution >= 0.6 is 11.6 Å². The molecular formula is C9H7ClN2O3S. The lowest BCUT2D eigenvalue weighted by Crippen LogP contribution is -2.19. The fourth-order valence-corrected chi connectivity index (χ4v) is 1.87. The predicted molar refractivity (Wildman–Crippen MR) is 60.5 cm³/mol. The van der Waals surface area contributed by atoms with Gasteiger partial charge in [0.25, 0.3) is 0 Å². The molecule has 5 nitrogen and oxygen atoms in total. The molecule has 7 heteroatoms. The molecule has 2 aromatic rings. The minimum Gasteiger partial charge on any atom is -0.350 e. The monoisotopic (exact) mass is 258 g/mol. The van der Waals surface area contributed by atoms with Crippen LogP contribution in [0.25, 0.3) is 10.8 Å². The first-order valence-corrected chi connectivity index (χ1v) is 6.08. The van der Waals surface area contributed by atoms with Crippen LogP contribution in [0.15, 0.2) is 30.3 Å². The van der Waals surface area contributed by atoms with Gasteiger partial charge in [0.2, 0.25) is 5.88 Å². The Bertz CT molecular complexity index is 642. The first-order valence-electron chi connectivity index (χ1n) is 4.23. The van der Waals surface area contributed by atoms with Gasteiger partial charge in [-0.15, -0.1) is 0 Å². The average molecular weight is 259 g/mol. The van der Waals surface area contributed by atoms with Crippen molar-refractivity contribution < 1.29 is 12.6 Å². The number of aromatic nitrogens is 1. The number of hydrogen-bond donors (Lipinski definition) is 1. The third-order valence-electron chi connectivity index (χ3n) is 1.87. The van der Waals surface area contributed by atoms with Gasteiger partial charge < -0.3 is 4.18 Å². The van der Waals surface area contributed by atoms with Crippen molar-refractivity contribution in [2.75, 3.05) is 0 Å². The Morgan fingerprint density at radius 2 is 2.00 bits per heavy atom. The van der Waals surface area contributed by atoms with E-state index in [0.717, 1.165) is 5.39 Å². The van der Waals surface area contributed by atoms with E-state index in [1.807, 2.05) is 0 Å². The van der Waals surface area contributed by atoms with Crippen molar-refractivity contribution in [2.24, 2.45) is 5.14 Å². The molecule has 16 heavy (non-hydrogen) atoms. The van der Waals surface area contributed by atoms with Crippen molar-refractivity contribution >= 4 is 32.7 Å². The highest BCUT2D eigenvalue weighted by Gasteiger charge is 2.09. The van der Waals surface area contributed by atoms with Crippen molar-refractivity contribution in [1.29, 1.82) is 0 Å². The number of benzene rings is 1. The summed E-state index contributed by atoms with van der Waals surface area (Å²) in [5.41, 5.74) is 0. The molecule has 0 aliphatic rings. The van der Waals surface area contributed by atoms with Gasteiger partial charge in [-0.1, -0.05) is 35.9 Å². The number of pyridine rings is 1. The zero-order chi connectivity index (χ0) is 11.8. The number of rotatable bonds is 2. The van der Waals surface area contributed by atoms with Gasteiger partial charge >= 0.3 is 10.3 Å². The van der Waals surface area contributed by atoms with Gasteiger partial charge in [0.15, 0.2) is 0 Å². The highest BCUT2D eigenvalue weighted by atomic mass is 35.5. The lowest BCUT2D eigenvalue weighted by Gasteiger charge is -2.04. The summed E-state index contributed by atoms with van der Waals surface area (Å²) in [5.74, 6) is -0.147. The van der Waals surface area contributed by atoms with Crippen molar-refractivity contribution in [3.63, 3.8) is 0 Å². The molecule has 0 radical (unpaired) electrons. The number of fused-ring (bicyclic) bond motifs is 1. The van der Waals surface area contributed by atoms with Crippen LogP contribution in [0.5, 0.6) is 5.88 Å². The molecule has 0 fully saturated rings. The maximum atomic E-state index is 10.7. The van der Waals surface area contributed by atoms with Gasteiger partial charge in [-0.2, -0.15) is 18.5 Å². The summed E-state index contributed by atoms with van der Waals surface area (Å²) >= 11 is 5.86. The summed E-state index contributed by atoms with van der Waals surface area (Å²) < 4.78 is 25.9. The average Bonchev–Trinajstić information content (AvgIpc) is 2.15. The first-order chi connectivity index (χ1) is 7.46. The fraction of sp³-hybridized carbons (Fsp3) is 0. The largest absolute Gasteiger partial charge is 0.381 e. The minimum atomic E-state index is -4.08. The van der Waals surface area contributed by atoms with Crippen molar-refractivity contribution in [3.05, 3.63) is 35.5 Å². The molecule has 1 aromatic heterocycles. The maximum Gasteiger partial charge on any atom is 0.381 e. The van der Waals surface area contributed by atoms with E-state index < -0.39 is 10.3 Å². The van der Waals surface area contributed by atoms with E-state index >= 15 is 0 Å². The second kappa shape index (κ2) is 3.89. The minimum absolute atomic E-state index is 0.147. The molecule has 1 heterocycles. The zero-order valence-electron chi connectivity index (χ0n) is 7.92. The standard InChI is InChI=1S/C9H7ClN2O3S/c10-9-7-4-2-1-3-6(7)5-8(12-9)15-16(11,13)14/h1-5H,(H2,11,13,14).